The number of aromatic amines is 1. The molecule has 3 N–H and O–H groups in total. The normalized spacial score (nSPS) is 10.0. The van der Waals surface area contributed by atoms with E-state index in [9.17, 15) is 0 Å². The van der Waals surface area contributed by atoms with E-state index in [4.69, 9.17) is 5.73 Å². The van der Waals surface area contributed by atoms with Gasteiger partial charge in [0.25, 0.3) is 0 Å². The number of nitrogens with two attached hydrogens (primary N) is 1. The first-order chi connectivity index (χ1) is 5.86. The van der Waals surface area contributed by atoms with Crippen molar-refractivity contribution < 1.29 is 0 Å². The minimum atomic E-state index is 0.547. The van der Waals surface area contributed by atoms with Gasteiger partial charge in [-0.2, -0.15) is 0 Å². The number of aromatic nitrogens is 2. The summed E-state index contributed by atoms with van der Waals surface area (Å²) >= 11 is 0. The summed E-state index contributed by atoms with van der Waals surface area (Å²) in [6, 6.07) is 7.67. The summed E-state index contributed by atoms with van der Waals surface area (Å²) in [7, 11) is 0. The van der Waals surface area contributed by atoms with Gasteiger partial charge in [-0.15, -0.1) is 0 Å². The molecular weight excluding hydrogens is 150 g/mol. The highest BCUT2D eigenvalue weighted by Gasteiger charge is 1.96. The van der Waals surface area contributed by atoms with Crippen molar-refractivity contribution in [2.45, 2.75) is 0 Å². The van der Waals surface area contributed by atoms with Gasteiger partial charge in [-0.05, 0) is 24.3 Å². The lowest BCUT2D eigenvalue weighted by Crippen LogP contribution is -1.88. The Balaban J connectivity index is 2.43. The maximum absolute atomic E-state index is 5.46. The predicted molar refractivity (Wildman–Crippen MR) is 48.4 cm³/mol. The second kappa shape index (κ2) is 2.70. The lowest BCUT2D eigenvalue weighted by Gasteiger charge is -1.96. The third-order valence-electron chi connectivity index (χ3n) is 1.70. The molecule has 0 amide bonds. The van der Waals surface area contributed by atoms with Crippen LogP contribution in [0.5, 0.6) is 0 Å². The van der Waals surface area contributed by atoms with Gasteiger partial charge in [-0.25, -0.2) is 4.98 Å². The molecule has 2 rings (SSSR count). The Kier molecular flexibility index (Phi) is 1.55. The number of pyridine rings is 1. The lowest BCUT2D eigenvalue weighted by atomic mass is 10.2. The Bertz CT molecular complexity index is 348. The quantitative estimate of drug-likeness (QED) is 0.664. The molecule has 3 heteroatoms. The molecule has 0 aliphatic rings. The summed E-state index contributed by atoms with van der Waals surface area (Å²) in [4.78, 5) is 7.08. The van der Waals surface area contributed by atoms with E-state index in [-0.39, 0.29) is 0 Å². The van der Waals surface area contributed by atoms with Gasteiger partial charge in [0.2, 0.25) is 0 Å². The average molecular weight is 159 g/mol. The van der Waals surface area contributed by atoms with Crippen molar-refractivity contribution in [2.24, 2.45) is 0 Å². The molecule has 0 unspecified atom stereocenters. The van der Waals surface area contributed by atoms with E-state index in [0.29, 0.717) is 5.82 Å². The standard InChI is InChI=1S/C9H9N3/c10-9-4-3-7(6-12-9)8-2-1-5-11-8/h1-6,11H,(H2,10,12). The molecule has 60 valence electrons. The van der Waals surface area contributed by atoms with Gasteiger partial charge < -0.3 is 10.7 Å². The minimum absolute atomic E-state index is 0.547. The highest BCUT2D eigenvalue weighted by Crippen LogP contribution is 2.15. The van der Waals surface area contributed by atoms with Gasteiger partial charge >= 0.3 is 0 Å². The van der Waals surface area contributed by atoms with Crippen LogP contribution >= 0.6 is 0 Å². The van der Waals surface area contributed by atoms with Crippen molar-refractivity contribution >= 4 is 5.82 Å². The molecule has 0 fully saturated rings. The molecule has 0 aliphatic carbocycles. The Labute approximate surface area is 70.3 Å². The van der Waals surface area contributed by atoms with Crippen LogP contribution in [0.15, 0.2) is 36.7 Å². The fourth-order valence-electron chi connectivity index (χ4n) is 1.07. The number of rotatable bonds is 1. The Morgan fingerprint density at radius 1 is 1.25 bits per heavy atom. The predicted octanol–water partition coefficient (Wildman–Crippen LogP) is 1.66. The van der Waals surface area contributed by atoms with Gasteiger partial charge in [0, 0.05) is 23.7 Å². The van der Waals surface area contributed by atoms with E-state index in [1.54, 1.807) is 12.3 Å². The topological polar surface area (TPSA) is 54.7 Å². The highest BCUT2D eigenvalue weighted by atomic mass is 14.8. The molecule has 0 saturated heterocycles. The zero-order chi connectivity index (χ0) is 8.39. The summed E-state index contributed by atoms with van der Waals surface area (Å²) in [6.07, 6.45) is 3.63. The van der Waals surface area contributed by atoms with Crippen LogP contribution in [0.25, 0.3) is 11.3 Å². The van der Waals surface area contributed by atoms with Gasteiger partial charge in [0.1, 0.15) is 5.82 Å². The van der Waals surface area contributed by atoms with Crippen LogP contribution < -0.4 is 5.73 Å². The second-order valence-corrected chi connectivity index (χ2v) is 2.56. The SMILES string of the molecule is Nc1ccc(-c2ccc[nH]2)cn1. The van der Waals surface area contributed by atoms with Crippen LogP contribution in [0.4, 0.5) is 5.82 Å². The largest absolute Gasteiger partial charge is 0.384 e. The van der Waals surface area contributed by atoms with Crippen LogP contribution in [0.1, 0.15) is 0 Å². The number of nitrogens with zero attached hydrogens (tertiary/aromatic N) is 1. The maximum Gasteiger partial charge on any atom is 0.123 e. The Hall–Kier alpha value is -1.77. The molecule has 0 aliphatic heterocycles. The molecule has 0 aromatic carbocycles. The molecule has 0 saturated carbocycles. The zero-order valence-electron chi connectivity index (χ0n) is 6.49. The van der Waals surface area contributed by atoms with Crippen LogP contribution in [0, 0.1) is 0 Å². The number of hydrogen-bond donors (Lipinski definition) is 2. The molecule has 2 aromatic rings. The van der Waals surface area contributed by atoms with Crippen molar-refractivity contribution in [1.29, 1.82) is 0 Å². The van der Waals surface area contributed by atoms with E-state index < -0.39 is 0 Å². The Morgan fingerprint density at radius 3 is 2.75 bits per heavy atom. The minimum Gasteiger partial charge on any atom is -0.384 e. The second-order valence-electron chi connectivity index (χ2n) is 2.56. The first-order valence-corrected chi connectivity index (χ1v) is 3.71. The van der Waals surface area contributed by atoms with Crippen LogP contribution in [-0.2, 0) is 0 Å². The van der Waals surface area contributed by atoms with Crippen LogP contribution in [0.2, 0.25) is 0 Å². The van der Waals surface area contributed by atoms with Gasteiger partial charge in [0.05, 0.1) is 0 Å². The maximum atomic E-state index is 5.46. The summed E-state index contributed by atoms with van der Waals surface area (Å²) in [5.41, 5.74) is 7.57. The smallest absolute Gasteiger partial charge is 0.123 e. The fraction of sp³-hybridized carbons (Fsp3) is 0. The first kappa shape index (κ1) is 6.91. The monoisotopic (exact) mass is 159 g/mol. The van der Waals surface area contributed by atoms with E-state index in [1.165, 1.54) is 0 Å². The summed E-state index contributed by atoms with van der Waals surface area (Å²) in [6.45, 7) is 0. The Morgan fingerprint density at radius 2 is 2.17 bits per heavy atom. The molecular formula is C9H9N3. The molecule has 2 aromatic heterocycles. The molecule has 12 heavy (non-hydrogen) atoms. The molecule has 0 radical (unpaired) electrons. The summed E-state index contributed by atoms with van der Waals surface area (Å²) in [5, 5.41) is 0. The van der Waals surface area contributed by atoms with E-state index in [2.05, 4.69) is 9.97 Å². The molecule has 0 spiro atoms. The number of anilines is 1. The van der Waals surface area contributed by atoms with Crippen LogP contribution in [0.3, 0.4) is 0 Å². The number of nitrogens with one attached hydrogen (secondary N) is 1. The van der Waals surface area contributed by atoms with Crippen molar-refractivity contribution in [3.63, 3.8) is 0 Å². The highest BCUT2D eigenvalue weighted by molar-refractivity contribution is 5.59. The van der Waals surface area contributed by atoms with Gasteiger partial charge in [0.15, 0.2) is 0 Å². The van der Waals surface area contributed by atoms with E-state index in [1.807, 2.05) is 24.4 Å². The zero-order valence-corrected chi connectivity index (χ0v) is 6.49. The van der Waals surface area contributed by atoms with Crippen LogP contribution in [-0.4, -0.2) is 9.97 Å². The third kappa shape index (κ3) is 1.16. The molecule has 2 heterocycles. The summed E-state index contributed by atoms with van der Waals surface area (Å²) < 4.78 is 0. The molecule has 0 atom stereocenters. The number of nitrogen functional groups attached to an aromatic ring is 1. The number of H-pyrrole nitrogens is 1. The summed E-state index contributed by atoms with van der Waals surface area (Å²) in [5.74, 6) is 0.547. The van der Waals surface area contributed by atoms with Crippen molar-refractivity contribution in [3.05, 3.63) is 36.7 Å². The van der Waals surface area contributed by atoms with Gasteiger partial charge in [-0.1, -0.05) is 0 Å². The van der Waals surface area contributed by atoms with Gasteiger partial charge in [-0.3, -0.25) is 0 Å². The van der Waals surface area contributed by atoms with E-state index in [0.717, 1.165) is 11.3 Å². The van der Waals surface area contributed by atoms with Crippen molar-refractivity contribution in [1.82, 2.24) is 9.97 Å². The van der Waals surface area contributed by atoms with Crippen molar-refractivity contribution in [3.8, 4) is 11.3 Å². The lowest BCUT2D eigenvalue weighted by molar-refractivity contribution is 1.31. The first-order valence-electron chi connectivity index (χ1n) is 3.71. The molecule has 0 bridgehead atoms. The third-order valence-corrected chi connectivity index (χ3v) is 1.70. The van der Waals surface area contributed by atoms with E-state index >= 15 is 0 Å². The number of hydrogen-bond acceptors (Lipinski definition) is 2. The van der Waals surface area contributed by atoms with Crippen molar-refractivity contribution in [2.75, 3.05) is 5.73 Å². The molecule has 3 nitrogen and oxygen atoms in total. The fourth-order valence-corrected chi connectivity index (χ4v) is 1.07. The average Bonchev–Trinajstić information content (AvgIpc) is 2.58.